The molecule has 70 valence electrons. The van der Waals surface area contributed by atoms with Crippen LogP contribution in [0, 0.1) is 0 Å². The fourth-order valence-corrected chi connectivity index (χ4v) is 0.839. The Kier molecular flexibility index (Phi) is 2.63. The molecule has 0 fully saturated rings. The molecule has 1 unspecified atom stereocenters. The Balaban J connectivity index is 2.56. The second kappa shape index (κ2) is 3.70. The van der Waals surface area contributed by atoms with Gasteiger partial charge in [0.15, 0.2) is 0 Å². The number of aromatic amines is 1. The second-order valence-corrected chi connectivity index (χ2v) is 2.53. The van der Waals surface area contributed by atoms with Gasteiger partial charge >= 0.3 is 11.9 Å². The Morgan fingerprint density at radius 1 is 1.69 bits per heavy atom. The van der Waals surface area contributed by atoms with E-state index in [4.69, 9.17) is 5.11 Å². The molecule has 0 bridgehead atoms. The van der Waals surface area contributed by atoms with Gasteiger partial charge in [0.1, 0.15) is 0 Å². The van der Waals surface area contributed by atoms with Crippen LogP contribution in [-0.4, -0.2) is 27.2 Å². The fourth-order valence-electron chi connectivity index (χ4n) is 0.839. The smallest absolute Gasteiger partial charge is 0.394 e. The average molecular weight is 183 g/mol. The van der Waals surface area contributed by atoms with E-state index in [-0.39, 0.29) is 6.04 Å². The molecule has 1 aromatic heterocycles. The number of hydrogen-bond donors (Lipinski definition) is 3. The monoisotopic (exact) mass is 183 g/mol. The summed E-state index contributed by atoms with van der Waals surface area (Å²) in [4.78, 5) is 20.9. The summed E-state index contributed by atoms with van der Waals surface area (Å²) in [6.45, 7) is 1.67. The molecule has 1 aromatic rings. The van der Waals surface area contributed by atoms with Crippen LogP contribution >= 0.6 is 0 Å². The number of aliphatic carboxylic acids is 1. The number of hydrogen-bond acceptors (Lipinski definition) is 3. The zero-order valence-electron chi connectivity index (χ0n) is 6.94. The Bertz CT molecular complexity index is 307. The van der Waals surface area contributed by atoms with Crippen LogP contribution in [0.5, 0.6) is 0 Å². The van der Waals surface area contributed by atoms with Crippen molar-refractivity contribution >= 4 is 11.9 Å². The lowest BCUT2D eigenvalue weighted by atomic mass is 10.2. The van der Waals surface area contributed by atoms with Gasteiger partial charge in [-0.2, -0.15) is 5.10 Å². The molecule has 0 aliphatic carbocycles. The summed E-state index contributed by atoms with van der Waals surface area (Å²) in [6.07, 6.45) is 3.11. The van der Waals surface area contributed by atoms with Crippen LogP contribution in [0.25, 0.3) is 0 Å². The first-order valence-corrected chi connectivity index (χ1v) is 3.63. The van der Waals surface area contributed by atoms with E-state index < -0.39 is 11.9 Å². The van der Waals surface area contributed by atoms with E-state index in [2.05, 4.69) is 15.5 Å². The number of carboxylic acid groups (broad SMARTS) is 1. The van der Waals surface area contributed by atoms with E-state index in [0.717, 1.165) is 5.56 Å². The quantitative estimate of drug-likeness (QED) is 0.547. The zero-order chi connectivity index (χ0) is 9.84. The van der Waals surface area contributed by atoms with E-state index in [1.807, 2.05) is 0 Å². The van der Waals surface area contributed by atoms with Crippen LogP contribution in [0.4, 0.5) is 0 Å². The minimum Gasteiger partial charge on any atom is -0.474 e. The summed E-state index contributed by atoms with van der Waals surface area (Å²) in [7, 11) is 0. The molecule has 0 aliphatic heterocycles. The van der Waals surface area contributed by atoms with Crippen LogP contribution < -0.4 is 5.32 Å². The van der Waals surface area contributed by atoms with Crippen LogP contribution in [0.3, 0.4) is 0 Å². The number of amides is 1. The van der Waals surface area contributed by atoms with E-state index >= 15 is 0 Å². The highest BCUT2D eigenvalue weighted by atomic mass is 16.4. The summed E-state index contributed by atoms with van der Waals surface area (Å²) in [5, 5.41) is 16.8. The first-order chi connectivity index (χ1) is 6.11. The molecular formula is C7H9N3O3. The first kappa shape index (κ1) is 9.24. The number of H-pyrrole nitrogens is 1. The molecule has 0 spiro atoms. The molecule has 0 saturated heterocycles. The van der Waals surface area contributed by atoms with Crippen molar-refractivity contribution in [1.82, 2.24) is 15.5 Å². The molecule has 1 atom stereocenters. The van der Waals surface area contributed by atoms with Gasteiger partial charge in [-0.25, -0.2) is 4.79 Å². The van der Waals surface area contributed by atoms with Crippen molar-refractivity contribution < 1.29 is 14.7 Å². The molecular weight excluding hydrogens is 174 g/mol. The molecule has 1 amide bonds. The molecule has 1 rings (SSSR count). The fraction of sp³-hybridized carbons (Fsp3) is 0.286. The summed E-state index contributed by atoms with van der Waals surface area (Å²) in [5.74, 6) is -2.51. The van der Waals surface area contributed by atoms with Crippen molar-refractivity contribution in [3.63, 3.8) is 0 Å². The van der Waals surface area contributed by atoms with Crippen molar-refractivity contribution in [2.75, 3.05) is 0 Å². The summed E-state index contributed by atoms with van der Waals surface area (Å²) < 4.78 is 0. The van der Waals surface area contributed by atoms with Crippen molar-refractivity contribution in [3.05, 3.63) is 18.0 Å². The molecule has 0 saturated carbocycles. The highest BCUT2D eigenvalue weighted by molar-refractivity contribution is 6.31. The molecule has 0 aliphatic rings. The number of carbonyl (C=O) groups excluding carboxylic acids is 1. The van der Waals surface area contributed by atoms with Gasteiger partial charge in [-0.15, -0.1) is 0 Å². The average Bonchev–Trinajstić information content (AvgIpc) is 2.55. The van der Waals surface area contributed by atoms with Crippen molar-refractivity contribution in [3.8, 4) is 0 Å². The number of nitrogens with zero attached hydrogens (tertiary/aromatic N) is 1. The van der Waals surface area contributed by atoms with Gasteiger partial charge in [0.2, 0.25) is 0 Å². The maximum Gasteiger partial charge on any atom is 0.394 e. The lowest BCUT2D eigenvalue weighted by molar-refractivity contribution is -0.150. The largest absolute Gasteiger partial charge is 0.474 e. The normalized spacial score (nSPS) is 12.1. The number of nitrogens with one attached hydrogen (secondary N) is 2. The van der Waals surface area contributed by atoms with Gasteiger partial charge in [-0.1, -0.05) is 0 Å². The molecule has 1 heterocycles. The van der Waals surface area contributed by atoms with Crippen LogP contribution in [-0.2, 0) is 9.59 Å². The minimum absolute atomic E-state index is 0.359. The summed E-state index contributed by atoms with van der Waals surface area (Å²) >= 11 is 0. The third-order valence-corrected chi connectivity index (χ3v) is 1.56. The predicted octanol–water partition coefficient (Wildman–Crippen LogP) is -0.329. The third-order valence-electron chi connectivity index (χ3n) is 1.56. The van der Waals surface area contributed by atoms with Crippen LogP contribution in [0.1, 0.15) is 18.5 Å². The van der Waals surface area contributed by atoms with Crippen molar-refractivity contribution in [2.24, 2.45) is 0 Å². The van der Waals surface area contributed by atoms with Gasteiger partial charge in [0.05, 0.1) is 12.2 Å². The maximum atomic E-state index is 10.7. The molecule has 6 nitrogen and oxygen atoms in total. The molecule has 6 heteroatoms. The Labute approximate surface area is 74.0 Å². The SMILES string of the molecule is CC(NC(=O)C(=O)O)c1cn[nH]c1. The van der Waals surface area contributed by atoms with E-state index in [1.54, 1.807) is 13.1 Å². The van der Waals surface area contributed by atoms with E-state index in [1.165, 1.54) is 6.20 Å². The van der Waals surface area contributed by atoms with E-state index in [9.17, 15) is 9.59 Å². The first-order valence-electron chi connectivity index (χ1n) is 3.63. The molecule has 13 heavy (non-hydrogen) atoms. The molecule has 3 N–H and O–H groups in total. The van der Waals surface area contributed by atoms with Gasteiger partial charge in [-0.05, 0) is 6.92 Å². The zero-order valence-corrected chi connectivity index (χ0v) is 6.94. The van der Waals surface area contributed by atoms with Gasteiger partial charge in [0, 0.05) is 11.8 Å². The third kappa shape index (κ3) is 2.29. The maximum absolute atomic E-state index is 10.7. The Morgan fingerprint density at radius 2 is 2.38 bits per heavy atom. The number of rotatable bonds is 2. The standard InChI is InChI=1S/C7H9N3O3/c1-4(5-2-8-9-3-5)10-6(11)7(12)13/h2-4H,1H3,(H,8,9)(H,10,11)(H,12,13). The van der Waals surface area contributed by atoms with Crippen molar-refractivity contribution in [1.29, 1.82) is 0 Å². The van der Waals surface area contributed by atoms with Crippen LogP contribution in [0.2, 0.25) is 0 Å². The number of carbonyl (C=O) groups is 2. The van der Waals surface area contributed by atoms with Gasteiger partial charge in [-0.3, -0.25) is 9.89 Å². The van der Waals surface area contributed by atoms with Gasteiger partial charge in [0.25, 0.3) is 0 Å². The lowest BCUT2D eigenvalue weighted by Gasteiger charge is -2.08. The Hall–Kier alpha value is -1.85. The summed E-state index contributed by atoms with van der Waals surface area (Å²) in [6, 6.07) is -0.359. The number of aromatic nitrogens is 2. The predicted molar refractivity (Wildman–Crippen MR) is 42.8 cm³/mol. The lowest BCUT2D eigenvalue weighted by Crippen LogP contribution is -2.32. The molecule has 0 aromatic carbocycles. The van der Waals surface area contributed by atoms with Crippen LogP contribution in [0.15, 0.2) is 12.4 Å². The Morgan fingerprint density at radius 3 is 2.85 bits per heavy atom. The van der Waals surface area contributed by atoms with Crippen molar-refractivity contribution in [2.45, 2.75) is 13.0 Å². The topological polar surface area (TPSA) is 95.1 Å². The van der Waals surface area contributed by atoms with E-state index in [0.29, 0.717) is 0 Å². The second-order valence-electron chi connectivity index (χ2n) is 2.53. The molecule has 0 radical (unpaired) electrons. The highest BCUT2D eigenvalue weighted by Gasteiger charge is 2.15. The van der Waals surface area contributed by atoms with Gasteiger partial charge < -0.3 is 10.4 Å². The minimum atomic E-state index is -1.49. The highest BCUT2D eigenvalue weighted by Crippen LogP contribution is 2.08. The summed E-state index contributed by atoms with van der Waals surface area (Å²) in [5.41, 5.74) is 0.731. The number of carboxylic acids is 1.